The van der Waals surface area contributed by atoms with E-state index in [-0.39, 0.29) is 12.3 Å². The van der Waals surface area contributed by atoms with Gasteiger partial charge in [-0.3, -0.25) is 9.78 Å². The van der Waals surface area contributed by atoms with Crippen LogP contribution in [0.25, 0.3) is 0 Å². The molecule has 0 saturated carbocycles. The maximum absolute atomic E-state index is 12.0. The number of pyridine rings is 1. The topological polar surface area (TPSA) is 62.2 Å². The summed E-state index contributed by atoms with van der Waals surface area (Å²) in [6, 6.07) is 3.77. The van der Waals surface area contributed by atoms with E-state index >= 15 is 0 Å². The minimum Gasteiger partial charge on any atom is -0.388 e. The van der Waals surface area contributed by atoms with Crippen LogP contribution in [0.1, 0.15) is 39.0 Å². The molecule has 0 aliphatic rings. The van der Waals surface area contributed by atoms with Gasteiger partial charge in [-0.05, 0) is 46.2 Å². The zero-order chi connectivity index (χ0) is 14.0. The molecular formula is C14H22N2O2. The first-order valence-corrected chi connectivity index (χ1v) is 6.07. The molecule has 0 radical (unpaired) electrons. The number of carbonyl (C=O) groups is 1. The predicted molar refractivity (Wildman–Crippen MR) is 71.2 cm³/mol. The molecule has 0 aliphatic carbocycles. The number of hydrogen-bond acceptors (Lipinski definition) is 3. The average molecular weight is 250 g/mol. The van der Waals surface area contributed by atoms with Crippen molar-refractivity contribution in [3.63, 3.8) is 0 Å². The summed E-state index contributed by atoms with van der Waals surface area (Å²) in [6.45, 7) is 8.89. The Bertz CT molecular complexity index is 434. The van der Waals surface area contributed by atoms with Crippen LogP contribution < -0.4 is 5.32 Å². The Kier molecular flexibility index (Phi) is 4.12. The molecule has 1 amide bonds. The van der Waals surface area contributed by atoms with E-state index in [1.165, 1.54) is 0 Å². The summed E-state index contributed by atoms with van der Waals surface area (Å²) in [5, 5.41) is 12.8. The molecular weight excluding hydrogens is 228 g/mol. The Hall–Kier alpha value is -1.42. The molecule has 18 heavy (non-hydrogen) atoms. The number of aliphatic hydroxyl groups is 1. The third kappa shape index (κ3) is 3.53. The van der Waals surface area contributed by atoms with Gasteiger partial charge in [-0.15, -0.1) is 0 Å². The predicted octanol–water partition coefficient (Wildman–Crippen LogP) is 1.60. The first kappa shape index (κ1) is 14.6. The molecule has 0 saturated heterocycles. The van der Waals surface area contributed by atoms with Gasteiger partial charge < -0.3 is 10.4 Å². The van der Waals surface area contributed by atoms with Crippen molar-refractivity contribution in [3.8, 4) is 0 Å². The van der Waals surface area contributed by atoms with Crippen molar-refractivity contribution in [1.29, 1.82) is 0 Å². The molecule has 2 N–H and O–H groups in total. The normalized spacial score (nSPS) is 12.3. The van der Waals surface area contributed by atoms with Crippen molar-refractivity contribution in [2.45, 2.75) is 52.2 Å². The van der Waals surface area contributed by atoms with E-state index in [1.54, 1.807) is 33.9 Å². The molecule has 0 aliphatic heterocycles. The number of nitrogens with zero attached hydrogens (tertiary/aromatic N) is 1. The van der Waals surface area contributed by atoms with E-state index in [2.05, 4.69) is 10.3 Å². The van der Waals surface area contributed by atoms with Gasteiger partial charge in [0.25, 0.3) is 0 Å². The van der Waals surface area contributed by atoms with Gasteiger partial charge in [0.2, 0.25) is 5.91 Å². The molecule has 0 aromatic carbocycles. The largest absolute Gasteiger partial charge is 0.388 e. The SMILES string of the molecule is Cc1cccnc1CC(=O)NC(C)(C)C(C)(C)O. The fourth-order valence-electron chi connectivity index (χ4n) is 1.40. The van der Waals surface area contributed by atoms with Crippen molar-refractivity contribution >= 4 is 5.91 Å². The second kappa shape index (κ2) is 5.06. The van der Waals surface area contributed by atoms with Crippen LogP contribution in [0.15, 0.2) is 18.3 Å². The van der Waals surface area contributed by atoms with Gasteiger partial charge in [0.1, 0.15) is 0 Å². The fourth-order valence-corrected chi connectivity index (χ4v) is 1.40. The van der Waals surface area contributed by atoms with E-state index in [0.29, 0.717) is 0 Å². The van der Waals surface area contributed by atoms with Crippen LogP contribution in [0.2, 0.25) is 0 Å². The highest BCUT2D eigenvalue weighted by atomic mass is 16.3. The van der Waals surface area contributed by atoms with Crippen molar-refractivity contribution < 1.29 is 9.90 Å². The van der Waals surface area contributed by atoms with Crippen LogP contribution in [-0.2, 0) is 11.2 Å². The van der Waals surface area contributed by atoms with Crippen LogP contribution in [0.4, 0.5) is 0 Å². The van der Waals surface area contributed by atoms with Crippen molar-refractivity contribution in [1.82, 2.24) is 10.3 Å². The lowest BCUT2D eigenvalue weighted by molar-refractivity contribution is -0.125. The molecule has 0 fully saturated rings. The van der Waals surface area contributed by atoms with Crippen LogP contribution in [-0.4, -0.2) is 27.1 Å². The number of carbonyl (C=O) groups excluding carboxylic acids is 1. The molecule has 1 rings (SSSR count). The molecule has 0 bridgehead atoms. The van der Waals surface area contributed by atoms with Crippen molar-refractivity contribution in [3.05, 3.63) is 29.6 Å². The minimum absolute atomic E-state index is 0.135. The zero-order valence-corrected chi connectivity index (χ0v) is 11.7. The minimum atomic E-state index is -0.984. The molecule has 100 valence electrons. The lowest BCUT2D eigenvalue weighted by atomic mass is 9.86. The van der Waals surface area contributed by atoms with Crippen LogP contribution in [0.5, 0.6) is 0 Å². The van der Waals surface area contributed by atoms with Crippen molar-refractivity contribution in [2.24, 2.45) is 0 Å². The van der Waals surface area contributed by atoms with Crippen LogP contribution in [0.3, 0.4) is 0 Å². The smallest absolute Gasteiger partial charge is 0.226 e. The fraction of sp³-hybridized carbons (Fsp3) is 0.571. The van der Waals surface area contributed by atoms with Gasteiger partial charge in [0, 0.05) is 6.20 Å². The van der Waals surface area contributed by atoms with Gasteiger partial charge in [-0.25, -0.2) is 0 Å². The van der Waals surface area contributed by atoms with Gasteiger partial charge in [0.15, 0.2) is 0 Å². The standard InChI is InChI=1S/C14H22N2O2/c1-10-7-6-8-15-11(10)9-12(17)16-13(2,3)14(4,5)18/h6-8,18H,9H2,1-5H3,(H,16,17). The number of nitrogens with one attached hydrogen (secondary N) is 1. The summed E-state index contributed by atoms with van der Waals surface area (Å²) in [5.74, 6) is -0.135. The highest BCUT2D eigenvalue weighted by Crippen LogP contribution is 2.20. The van der Waals surface area contributed by atoms with E-state index < -0.39 is 11.1 Å². The van der Waals surface area contributed by atoms with Gasteiger partial charge in [-0.2, -0.15) is 0 Å². The molecule has 4 nitrogen and oxygen atoms in total. The van der Waals surface area contributed by atoms with E-state index in [4.69, 9.17) is 0 Å². The highest BCUT2D eigenvalue weighted by Gasteiger charge is 2.36. The molecule has 1 heterocycles. The summed E-state index contributed by atoms with van der Waals surface area (Å²) in [5.41, 5.74) is 0.0875. The van der Waals surface area contributed by atoms with Crippen LogP contribution >= 0.6 is 0 Å². The Morgan fingerprint density at radius 3 is 2.50 bits per heavy atom. The lowest BCUT2D eigenvalue weighted by Crippen LogP contribution is -2.58. The molecule has 1 aromatic heterocycles. The van der Waals surface area contributed by atoms with E-state index in [9.17, 15) is 9.90 Å². The number of rotatable bonds is 4. The summed E-state index contributed by atoms with van der Waals surface area (Å²) < 4.78 is 0. The molecule has 4 heteroatoms. The lowest BCUT2D eigenvalue weighted by Gasteiger charge is -2.38. The summed E-state index contributed by atoms with van der Waals surface area (Å²) in [4.78, 5) is 16.2. The van der Waals surface area contributed by atoms with E-state index in [1.807, 2.05) is 19.1 Å². The Labute approximate surface area is 108 Å². The quantitative estimate of drug-likeness (QED) is 0.853. The third-order valence-corrected chi connectivity index (χ3v) is 3.43. The average Bonchev–Trinajstić information content (AvgIpc) is 2.19. The van der Waals surface area contributed by atoms with Gasteiger partial charge in [-0.1, -0.05) is 6.07 Å². The highest BCUT2D eigenvalue weighted by molar-refractivity contribution is 5.79. The van der Waals surface area contributed by atoms with Crippen LogP contribution in [0, 0.1) is 6.92 Å². The Morgan fingerprint density at radius 2 is 2.00 bits per heavy atom. The maximum atomic E-state index is 12.0. The van der Waals surface area contributed by atoms with E-state index in [0.717, 1.165) is 11.3 Å². The Balaban J connectivity index is 2.72. The number of hydrogen-bond donors (Lipinski definition) is 2. The third-order valence-electron chi connectivity index (χ3n) is 3.43. The van der Waals surface area contributed by atoms with Gasteiger partial charge in [0.05, 0.1) is 23.3 Å². The summed E-state index contributed by atoms with van der Waals surface area (Å²) >= 11 is 0. The molecule has 1 aromatic rings. The number of aryl methyl sites for hydroxylation is 1. The second-order valence-electron chi connectivity index (χ2n) is 5.68. The molecule has 0 atom stereocenters. The second-order valence-corrected chi connectivity index (χ2v) is 5.68. The molecule has 0 unspecified atom stereocenters. The summed E-state index contributed by atoms with van der Waals surface area (Å²) in [7, 11) is 0. The monoisotopic (exact) mass is 250 g/mol. The van der Waals surface area contributed by atoms with Gasteiger partial charge >= 0.3 is 0 Å². The number of aromatic nitrogens is 1. The Morgan fingerprint density at radius 1 is 1.39 bits per heavy atom. The zero-order valence-electron chi connectivity index (χ0n) is 11.7. The van der Waals surface area contributed by atoms with Crippen molar-refractivity contribution in [2.75, 3.05) is 0 Å². The molecule has 0 spiro atoms. The maximum Gasteiger partial charge on any atom is 0.226 e. The first-order valence-electron chi connectivity index (χ1n) is 6.07. The summed E-state index contributed by atoms with van der Waals surface area (Å²) in [6.07, 6.45) is 1.91. The first-order chi connectivity index (χ1) is 8.13. The number of amides is 1.